The van der Waals surface area contributed by atoms with Crippen LogP contribution in [0.15, 0.2) is 53.5 Å². The molecule has 0 spiro atoms. The molecule has 0 aliphatic heterocycles. The van der Waals surface area contributed by atoms with Gasteiger partial charge in [-0.3, -0.25) is 14.9 Å². The number of halogens is 3. The normalized spacial score (nSPS) is 17.7. The summed E-state index contributed by atoms with van der Waals surface area (Å²) in [6.07, 6.45) is 0.444. The first-order chi connectivity index (χ1) is 19.8. The summed E-state index contributed by atoms with van der Waals surface area (Å²) in [7, 11) is 3.10. The second kappa shape index (κ2) is 16.4. The number of carboxylic acid groups (broad SMARTS) is 1. The van der Waals surface area contributed by atoms with Gasteiger partial charge in [0.2, 0.25) is 5.91 Å². The molecule has 1 aliphatic carbocycles. The number of alkyl halides is 3. The van der Waals surface area contributed by atoms with Gasteiger partial charge in [-0.1, -0.05) is 56.2 Å². The summed E-state index contributed by atoms with van der Waals surface area (Å²) in [5.41, 5.74) is 7.85. The van der Waals surface area contributed by atoms with Gasteiger partial charge in [-0.15, -0.1) is 0 Å². The molecule has 1 fully saturated rings. The van der Waals surface area contributed by atoms with Crippen LogP contribution in [0.2, 0.25) is 0 Å². The van der Waals surface area contributed by atoms with Crippen molar-refractivity contribution in [2.45, 2.75) is 64.1 Å². The van der Waals surface area contributed by atoms with Crippen LogP contribution in [0, 0.1) is 11.8 Å². The third-order valence-corrected chi connectivity index (χ3v) is 6.89. The number of carboxylic acids is 1. The predicted molar refractivity (Wildman–Crippen MR) is 151 cm³/mol. The van der Waals surface area contributed by atoms with E-state index in [1.54, 1.807) is 32.4 Å². The maximum Gasteiger partial charge on any atom is 0.490 e. The number of nitrogens with one attached hydrogen (secondary N) is 1. The summed E-state index contributed by atoms with van der Waals surface area (Å²) in [4.78, 5) is 39.2. The molecule has 9 nitrogen and oxygen atoms in total. The molecular weight excluding hydrogens is 555 g/mol. The molecular formula is C30H38F3N3O6. The number of ether oxygens (including phenoxy) is 2. The lowest BCUT2D eigenvalue weighted by Gasteiger charge is -2.26. The first-order valence-corrected chi connectivity index (χ1v) is 13.5. The highest BCUT2D eigenvalue weighted by molar-refractivity contribution is 5.98. The van der Waals surface area contributed by atoms with Crippen molar-refractivity contribution < 1.29 is 42.1 Å². The number of rotatable bonds is 10. The quantitative estimate of drug-likeness (QED) is 0.268. The van der Waals surface area contributed by atoms with Crippen molar-refractivity contribution in [1.29, 1.82) is 0 Å². The Morgan fingerprint density at radius 1 is 1.00 bits per heavy atom. The zero-order valence-corrected chi connectivity index (χ0v) is 23.9. The molecule has 230 valence electrons. The predicted octanol–water partition coefficient (Wildman–Crippen LogP) is 4.71. The fourth-order valence-electron chi connectivity index (χ4n) is 4.59. The number of carbonyl (C=O) groups is 3. The van der Waals surface area contributed by atoms with E-state index in [1.807, 2.05) is 30.3 Å². The van der Waals surface area contributed by atoms with Gasteiger partial charge >= 0.3 is 12.1 Å². The summed E-state index contributed by atoms with van der Waals surface area (Å²) >= 11 is 0. The van der Waals surface area contributed by atoms with Crippen molar-refractivity contribution in [1.82, 2.24) is 5.32 Å². The number of aliphatic imine (C=N–C) groups is 1. The number of benzene rings is 2. The highest BCUT2D eigenvalue weighted by atomic mass is 19.4. The SMILES string of the molecule is COc1ccc(CC(=O)NC(N)=N[C@H](Cc2ccccc2)C(=O)CC2CCC(C)CC2)cc1OC.O=C(O)C(F)(F)F. The molecule has 2 aromatic carbocycles. The minimum absolute atomic E-state index is 0.0398. The molecule has 1 amide bonds. The Kier molecular flexibility index (Phi) is 13.3. The summed E-state index contributed by atoms with van der Waals surface area (Å²) in [6, 6.07) is 14.4. The standard InChI is InChI=1S/C28H37N3O4.C2HF3O2/c1-19-9-11-21(12-10-19)16-24(32)23(15-20-7-5-4-6-8-20)30-28(29)31-27(33)18-22-13-14-25(34-2)26(17-22)35-3;3-2(4,5)1(6)7/h4-8,13-14,17,19,21,23H,9-12,15-16,18H2,1-3H3,(H3,29,30,31,33);(H,6,7)/t19?,21?,23-;/m1./s1. The Balaban J connectivity index is 0.000000782. The van der Waals surface area contributed by atoms with E-state index in [0.717, 1.165) is 29.9 Å². The van der Waals surface area contributed by atoms with Gasteiger partial charge in [-0.05, 0) is 47.9 Å². The van der Waals surface area contributed by atoms with Crippen molar-refractivity contribution in [3.8, 4) is 11.5 Å². The van der Waals surface area contributed by atoms with E-state index in [0.29, 0.717) is 30.3 Å². The molecule has 1 saturated carbocycles. The van der Waals surface area contributed by atoms with Gasteiger partial charge in [0.15, 0.2) is 23.2 Å². The van der Waals surface area contributed by atoms with Crippen molar-refractivity contribution >= 4 is 23.6 Å². The lowest BCUT2D eigenvalue weighted by atomic mass is 9.80. The number of guanidine groups is 1. The number of Topliss-reactive ketones (excluding diaryl/α,β-unsaturated/α-hetero) is 1. The summed E-state index contributed by atoms with van der Waals surface area (Å²) < 4.78 is 42.3. The number of hydrogen-bond acceptors (Lipinski definition) is 6. The van der Waals surface area contributed by atoms with Crippen molar-refractivity contribution in [3.63, 3.8) is 0 Å². The number of nitrogens with two attached hydrogens (primary N) is 1. The first-order valence-electron chi connectivity index (χ1n) is 13.5. The lowest BCUT2D eigenvalue weighted by Crippen LogP contribution is -2.40. The second-order valence-corrected chi connectivity index (χ2v) is 10.2. The van der Waals surface area contributed by atoms with Gasteiger partial charge in [0, 0.05) is 12.8 Å². The zero-order chi connectivity index (χ0) is 31.3. The number of amides is 1. The van der Waals surface area contributed by atoms with Crippen LogP contribution in [-0.4, -0.2) is 55.2 Å². The van der Waals surface area contributed by atoms with Crippen molar-refractivity contribution in [3.05, 3.63) is 59.7 Å². The Labute approximate surface area is 243 Å². The highest BCUT2D eigenvalue weighted by Gasteiger charge is 2.38. The fourth-order valence-corrected chi connectivity index (χ4v) is 4.59. The molecule has 0 radical (unpaired) electrons. The van der Waals surface area contributed by atoms with Crippen LogP contribution < -0.4 is 20.5 Å². The largest absolute Gasteiger partial charge is 0.493 e. The Bertz CT molecular complexity index is 1210. The molecule has 0 bridgehead atoms. The lowest BCUT2D eigenvalue weighted by molar-refractivity contribution is -0.192. The van der Waals surface area contributed by atoms with E-state index in [2.05, 4.69) is 17.2 Å². The molecule has 42 heavy (non-hydrogen) atoms. The van der Waals surface area contributed by atoms with Crippen LogP contribution in [-0.2, 0) is 27.2 Å². The van der Waals surface area contributed by atoms with Crippen LogP contribution in [0.5, 0.6) is 11.5 Å². The van der Waals surface area contributed by atoms with Crippen LogP contribution in [0.1, 0.15) is 50.2 Å². The van der Waals surface area contributed by atoms with Gasteiger partial charge in [0.05, 0.1) is 20.6 Å². The maximum absolute atomic E-state index is 13.2. The van der Waals surface area contributed by atoms with Gasteiger partial charge in [-0.2, -0.15) is 13.2 Å². The summed E-state index contributed by atoms with van der Waals surface area (Å²) in [5.74, 6) is -0.771. The number of nitrogens with zero attached hydrogens (tertiary/aromatic N) is 1. The average Bonchev–Trinajstić information content (AvgIpc) is 2.94. The Morgan fingerprint density at radius 2 is 1.60 bits per heavy atom. The molecule has 1 atom stereocenters. The minimum Gasteiger partial charge on any atom is -0.493 e. The molecule has 0 saturated heterocycles. The third kappa shape index (κ3) is 11.8. The van der Waals surface area contributed by atoms with Crippen LogP contribution >= 0.6 is 0 Å². The monoisotopic (exact) mass is 593 g/mol. The first kappa shape index (κ1) is 34.1. The number of aliphatic carboxylic acids is 1. The van der Waals surface area contributed by atoms with E-state index in [4.69, 9.17) is 25.1 Å². The van der Waals surface area contributed by atoms with Gasteiger partial charge in [0.25, 0.3) is 0 Å². The molecule has 0 heterocycles. The molecule has 3 rings (SSSR count). The number of ketones is 1. The van der Waals surface area contributed by atoms with Gasteiger partial charge < -0.3 is 20.3 Å². The Hall–Kier alpha value is -4.09. The van der Waals surface area contributed by atoms with E-state index < -0.39 is 18.2 Å². The van der Waals surface area contributed by atoms with Crippen LogP contribution in [0.25, 0.3) is 0 Å². The second-order valence-electron chi connectivity index (χ2n) is 10.2. The van der Waals surface area contributed by atoms with E-state index >= 15 is 0 Å². The average molecular weight is 594 g/mol. The molecule has 0 unspecified atom stereocenters. The highest BCUT2D eigenvalue weighted by Crippen LogP contribution is 2.31. The van der Waals surface area contributed by atoms with Gasteiger partial charge in [-0.25, -0.2) is 9.79 Å². The van der Waals surface area contributed by atoms with Crippen molar-refractivity contribution in [2.24, 2.45) is 22.6 Å². The van der Waals surface area contributed by atoms with Crippen LogP contribution in [0.4, 0.5) is 13.2 Å². The molecule has 4 N–H and O–H groups in total. The molecule has 1 aliphatic rings. The number of hydrogen-bond donors (Lipinski definition) is 3. The van der Waals surface area contributed by atoms with E-state index in [-0.39, 0.29) is 24.1 Å². The van der Waals surface area contributed by atoms with Gasteiger partial charge in [0.1, 0.15) is 6.04 Å². The molecule has 12 heteroatoms. The van der Waals surface area contributed by atoms with Crippen molar-refractivity contribution in [2.75, 3.05) is 14.2 Å². The molecule has 2 aromatic rings. The van der Waals surface area contributed by atoms with Crippen LogP contribution in [0.3, 0.4) is 0 Å². The minimum atomic E-state index is -5.08. The van der Waals surface area contributed by atoms with E-state index in [9.17, 15) is 22.8 Å². The smallest absolute Gasteiger partial charge is 0.490 e. The maximum atomic E-state index is 13.2. The molecule has 0 aromatic heterocycles. The topological polar surface area (TPSA) is 140 Å². The number of carbonyl (C=O) groups excluding carboxylic acids is 2. The Morgan fingerprint density at radius 3 is 2.14 bits per heavy atom. The fraction of sp³-hybridized carbons (Fsp3) is 0.467. The third-order valence-electron chi connectivity index (χ3n) is 6.89. The zero-order valence-electron chi connectivity index (χ0n) is 23.9. The summed E-state index contributed by atoms with van der Waals surface area (Å²) in [5, 5.41) is 9.76. The number of methoxy groups -OCH3 is 2. The summed E-state index contributed by atoms with van der Waals surface area (Å²) in [6.45, 7) is 2.27. The van der Waals surface area contributed by atoms with E-state index in [1.165, 1.54) is 12.8 Å².